The quantitative estimate of drug-likeness (QED) is 0.897. The lowest BCUT2D eigenvalue weighted by Crippen LogP contribution is -2.31. The maximum absolute atomic E-state index is 12.5. The maximum Gasteiger partial charge on any atom is 0.261 e. The Hall–Kier alpha value is -1.68. The summed E-state index contributed by atoms with van der Waals surface area (Å²) in [5, 5.41) is 4.08. The predicted molar refractivity (Wildman–Crippen MR) is 78.4 cm³/mol. The summed E-state index contributed by atoms with van der Waals surface area (Å²) in [6, 6.07) is 7.61. The largest absolute Gasteiger partial charge is 0.308 e. The number of nitrogens with zero attached hydrogens (tertiary/aromatic N) is 2. The molecule has 19 heavy (non-hydrogen) atoms. The summed E-state index contributed by atoms with van der Waals surface area (Å²) in [7, 11) is 0. The van der Waals surface area contributed by atoms with Crippen molar-refractivity contribution in [2.75, 3.05) is 6.54 Å². The van der Waals surface area contributed by atoms with Crippen LogP contribution in [0.2, 0.25) is 0 Å². The van der Waals surface area contributed by atoms with Crippen molar-refractivity contribution in [1.82, 2.24) is 14.9 Å². The SMILES string of the molecule is CCCNC(C)c1nc2ccccc2c(=O)n1CC. The van der Waals surface area contributed by atoms with Crippen LogP contribution in [0.4, 0.5) is 0 Å². The van der Waals surface area contributed by atoms with Crippen molar-refractivity contribution in [3.8, 4) is 0 Å². The maximum atomic E-state index is 12.5. The zero-order chi connectivity index (χ0) is 13.8. The molecule has 0 bridgehead atoms. The number of benzene rings is 1. The molecule has 0 fully saturated rings. The van der Waals surface area contributed by atoms with Crippen LogP contribution < -0.4 is 10.9 Å². The van der Waals surface area contributed by atoms with Gasteiger partial charge in [-0.25, -0.2) is 4.98 Å². The lowest BCUT2D eigenvalue weighted by molar-refractivity contribution is 0.504. The minimum Gasteiger partial charge on any atom is -0.308 e. The molecule has 102 valence electrons. The highest BCUT2D eigenvalue weighted by molar-refractivity contribution is 5.77. The van der Waals surface area contributed by atoms with Crippen LogP contribution in [0, 0.1) is 0 Å². The van der Waals surface area contributed by atoms with Crippen LogP contribution in [0.25, 0.3) is 10.9 Å². The molecule has 1 aromatic heterocycles. The van der Waals surface area contributed by atoms with Crippen molar-refractivity contribution in [3.05, 3.63) is 40.4 Å². The molecule has 2 rings (SSSR count). The van der Waals surface area contributed by atoms with Gasteiger partial charge in [-0.05, 0) is 38.9 Å². The average molecular weight is 259 g/mol. The van der Waals surface area contributed by atoms with Crippen LogP contribution in [0.5, 0.6) is 0 Å². The van der Waals surface area contributed by atoms with Gasteiger partial charge in [-0.3, -0.25) is 9.36 Å². The van der Waals surface area contributed by atoms with E-state index in [1.54, 1.807) is 4.57 Å². The van der Waals surface area contributed by atoms with Gasteiger partial charge in [0.05, 0.1) is 16.9 Å². The van der Waals surface area contributed by atoms with E-state index in [9.17, 15) is 4.79 Å². The summed E-state index contributed by atoms with van der Waals surface area (Å²) in [6.45, 7) is 7.73. The van der Waals surface area contributed by atoms with Gasteiger partial charge < -0.3 is 5.32 Å². The fraction of sp³-hybridized carbons (Fsp3) is 0.467. The second-order valence-corrected chi connectivity index (χ2v) is 4.71. The van der Waals surface area contributed by atoms with Crippen molar-refractivity contribution in [2.45, 2.75) is 39.8 Å². The third-order valence-corrected chi connectivity index (χ3v) is 3.30. The molecule has 0 aliphatic heterocycles. The second-order valence-electron chi connectivity index (χ2n) is 4.71. The van der Waals surface area contributed by atoms with E-state index in [1.807, 2.05) is 31.2 Å². The van der Waals surface area contributed by atoms with Gasteiger partial charge in [-0.1, -0.05) is 19.1 Å². The number of hydrogen-bond donors (Lipinski definition) is 1. The molecule has 0 saturated heterocycles. The zero-order valence-corrected chi connectivity index (χ0v) is 11.8. The fourth-order valence-corrected chi connectivity index (χ4v) is 2.27. The summed E-state index contributed by atoms with van der Waals surface area (Å²) in [5.74, 6) is 0.819. The second kappa shape index (κ2) is 5.97. The summed E-state index contributed by atoms with van der Waals surface area (Å²) in [6.07, 6.45) is 1.06. The highest BCUT2D eigenvalue weighted by atomic mass is 16.1. The first-order valence-corrected chi connectivity index (χ1v) is 6.91. The average Bonchev–Trinajstić information content (AvgIpc) is 2.44. The van der Waals surface area contributed by atoms with Crippen molar-refractivity contribution >= 4 is 10.9 Å². The fourth-order valence-electron chi connectivity index (χ4n) is 2.27. The number of hydrogen-bond acceptors (Lipinski definition) is 3. The first-order valence-electron chi connectivity index (χ1n) is 6.91. The first kappa shape index (κ1) is 13.7. The van der Waals surface area contributed by atoms with Crippen LogP contribution >= 0.6 is 0 Å². The molecular formula is C15H21N3O. The van der Waals surface area contributed by atoms with E-state index in [4.69, 9.17) is 0 Å². The molecule has 1 N–H and O–H groups in total. The third kappa shape index (κ3) is 2.68. The third-order valence-electron chi connectivity index (χ3n) is 3.30. The summed E-state index contributed by atoms with van der Waals surface area (Å²) in [5.41, 5.74) is 0.825. The topological polar surface area (TPSA) is 46.9 Å². The highest BCUT2D eigenvalue weighted by Gasteiger charge is 2.14. The monoisotopic (exact) mass is 259 g/mol. The lowest BCUT2D eigenvalue weighted by Gasteiger charge is -2.18. The van der Waals surface area contributed by atoms with Gasteiger partial charge in [0, 0.05) is 6.54 Å². The van der Waals surface area contributed by atoms with Crippen LogP contribution in [-0.4, -0.2) is 16.1 Å². The molecule has 1 aromatic carbocycles. The Morgan fingerprint density at radius 3 is 2.74 bits per heavy atom. The van der Waals surface area contributed by atoms with E-state index in [1.165, 1.54) is 0 Å². The number of aromatic nitrogens is 2. The number of rotatable bonds is 5. The Kier molecular flexibility index (Phi) is 4.32. The molecule has 4 nitrogen and oxygen atoms in total. The van der Waals surface area contributed by atoms with Gasteiger partial charge in [0.15, 0.2) is 0 Å². The van der Waals surface area contributed by atoms with Crippen molar-refractivity contribution < 1.29 is 0 Å². The Bertz CT molecular complexity index is 618. The minimum absolute atomic E-state index is 0.0493. The molecule has 0 radical (unpaired) electrons. The standard InChI is InChI=1S/C15H21N3O/c1-4-10-16-11(3)14-17-13-9-7-6-8-12(13)15(19)18(14)5-2/h6-9,11,16H,4-5,10H2,1-3H3. The predicted octanol–water partition coefficient (Wildman–Crippen LogP) is 2.48. The van der Waals surface area contributed by atoms with E-state index in [-0.39, 0.29) is 11.6 Å². The van der Waals surface area contributed by atoms with Gasteiger partial charge in [0.2, 0.25) is 0 Å². The smallest absolute Gasteiger partial charge is 0.261 e. The van der Waals surface area contributed by atoms with Crippen LogP contribution in [-0.2, 0) is 6.54 Å². The number of para-hydroxylation sites is 1. The van der Waals surface area contributed by atoms with E-state index < -0.39 is 0 Å². The first-order chi connectivity index (χ1) is 9.19. The van der Waals surface area contributed by atoms with Gasteiger partial charge in [-0.15, -0.1) is 0 Å². The van der Waals surface area contributed by atoms with Gasteiger partial charge in [-0.2, -0.15) is 0 Å². The molecule has 0 amide bonds. The molecule has 1 unspecified atom stereocenters. The van der Waals surface area contributed by atoms with Crippen LogP contribution in [0.3, 0.4) is 0 Å². The lowest BCUT2D eigenvalue weighted by atomic mass is 10.2. The summed E-state index contributed by atoms with van der Waals surface area (Å²) < 4.78 is 1.76. The number of fused-ring (bicyclic) bond motifs is 1. The van der Waals surface area contributed by atoms with Gasteiger partial charge >= 0.3 is 0 Å². The Morgan fingerprint density at radius 2 is 2.05 bits per heavy atom. The Labute approximate surface area is 113 Å². The van der Waals surface area contributed by atoms with E-state index in [2.05, 4.69) is 24.1 Å². The van der Waals surface area contributed by atoms with Crippen molar-refractivity contribution in [3.63, 3.8) is 0 Å². The van der Waals surface area contributed by atoms with E-state index in [0.29, 0.717) is 11.9 Å². The van der Waals surface area contributed by atoms with Gasteiger partial charge in [0.1, 0.15) is 5.82 Å². The Balaban J connectivity index is 2.56. The molecule has 1 atom stereocenters. The number of nitrogens with one attached hydrogen (secondary N) is 1. The molecule has 4 heteroatoms. The minimum atomic E-state index is 0.0493. The highest BCUT2D eigenvalue weighted by Crippen LogP contribution is 2.13. The zero-order valence-electron chi connectivity index (χ0n) is 11.8. The molecule has 0 saturated carbocycles. The molecule has 2 aromatic rings. The molecule has 0 spiro atoms. The van der Waals surface area contributed by atoms with E-state index in [0.717, 1.165) is 24.3 Å². The molecule has 0 aliphatic carbocycles. The van der Waals surface area contributed by atoms with Crippen molar-refractivity contribution in [2.24, 2.45) is 0 Å². The van der Waals surface area contributed by atoms with Crippen molar-refractivity contribution in [1.29, 1.82) is 0 Å². The molecule has 1 heterocycles. The van der Waals surface area contributed by atoms with Gasteiger partial charge in [0.25, 0.3) is 5.56 Å². The molecule has 0 aliphatic rings. The summed E-state index contributed by atoms with van der Waals surface area (Å²) >= 11 is 0. The van der Waals surface area contributed by atoms with E-state index >= 15 is 0 Å². The Morgan fingerprint density at radius 1 is 1.32 bits per heavy atom. The summed E-state index contributed by atoms with van der Waals surface area (Å²) in [4.78, 5) is 17.1. The van der Waals surface area contributed by atoms with Crippen LogP contribution in [0.1, 0.15) is 39.1 Å². The molecular weight excluding hydrogens is 238 g/mol. The normalized spacial score (nSPS) is 12.8. The van der Waals surface area contributed by atoms with Crippen LogP contribution in [0.15, 0.2) is 29.1 Å².